The van der Waals surface area contributed by atoms with Gasteiger partial charge in [-0.2, -0.15) is 13.2 Å². The van der Waals surface area contributed by atoms with Gasteiger partial charge in [0.25, 0.3) is 11.8 Å². The molecular formula is C17H15F3N2O2. The number of amides is 2. The van der Waals surface area contributed by atoms with Crippen molar-refractivity contribution < 1.29 is 22.8 Å². The summed E-state index contributed by atoms with van der Waals surface area (Å²) in [4.78, 5) is 23.9. The molecule has 0 unspecified atom stereocenters. The minimum atomic E-state index is -4.48. The Labute approximate surface area is 136 Å². The maximum atomic E-state index is 12.2. The second kappa shape index (κ2) is 7.16. The Morgan fingerprint density at radius 2 is 1.62 bits per heavy atom. The number of aryl methyl sites for hydroxylation is 1. The summed E-state index contributed by atoms with van der Waals surface area (Å²) in [5.74, 6) is -1.23. The van der Waals surface area contributed by atoms with Crippen LogP contribution in [0.5, 0.6) is 0 Å². The number of anilines is 1. The van der Waals surface area contributed by atoms with Gasteiger partial charge in [0.05, 0.1) is 0 Å². The molecule has 0 heterocycles. The van der Waals surface area contributed by atoms with Gasteiger partial charge in [-0.25, -0.2) is 0 Å². The van der Waals surface area contributed by atoms with Gasteiger partial charge in [0, 0.05) is 16.8 Å². The van der Waals surface area contributed by atoms with E-state index in [1.165, 1.54) is 12.1 Å². The van der Waals surface area contributed by atoms with Crippen LogP contribution in [0.3, 0.4) is 0 Å². The van der Waals surface area contributed by atoms with Crippen molar-refractivity contribution in [3.8, 4) is 0 Å². The summed E-state index contributed by atoms with van der Waals surface area (Å²) in [5, 5.41) is 4.45. The van der Waals surface area contributed by atoms with Crippen molar-refractivity contribution in [1.29, 1.82) is 0 Å². The number of hydrogen-bond acceptors (Lipinski definition) is 2. The van der Waals surface area contributed by atoms with Gasteiger partial charge >= 0.3 is 6.18 Å². The van der Waals surface area contributed by atoms with E-state index < -0.39 is 18.6 Å². The van der Waals surface area contributed by atoms with Crippen molar-refractivity contribution in [2.24, 2.45) is 0 Å². The first-order valence-electron chi connectivity index (χ1n) is 7.08. The Morgan fingerprint density at radius 1 is 0.958 bits per heavy atom. The minimum Gasteiger partial charge on any atom is -0.343 e. The first kappa shape index (κ1) is 17.5. The minimum absolute atomic E-state index is 0.0354. The predicted molar refractivity (Wildman–Crippen MR) is 84.0 cm³/mol. The number of hydrogen-bond donors (Lipinski definition) is 2. The summed E-state index contributed by atoms with van der Waals surface area (Å²) < 4.78 is 36.5. The molecule has 0 saturated heterocycles. The summed E-state index contributed by atoms with van der Waals surface area (Å²) in [7, 11) is 0. The Bertz CT molecular complexity index is 743. The summed E-state index contributed by atoms with van der Waals surface area (Å²) in [6.07, 6.45) is -4.48. The lowest BCUT2D eigenvalue weighted by Crippen LogP contribution is -2.33. The normalized spacial score (nSPS) is 11.0. The highest BCUT2D eigenvalue weighted by molar-refractivity contribution is 6.05. The van der Waals surface area contributed by atoms with Gasteiger partial charge in [0.15, 0.2) is 0 Å². The number of nitrogens with one attached hydrogen (secondary N) is 2. The maximum Gasteiger partial charge on any atom is 0.405 e. The van der Waals surface area contributed by atoms with E-state index in [1.54, 1.807) is 48.6 Å². The number of halogens is 3. The average molecular weight is 336 g/mol. The molecule has 0 aliphatic carbocycles. The van der Waals surface area contributed by atoms with E-state index in [1.807, 2.05) is 0 Å². The number of rotatable bonds is 4. The smallest absolute Gasteiger partial charge is 0.343 e. The van der Waals surface area contributed by atoms with Crippen LogP contribution in [0.25, 0.3) is 0 Å². The molecule has 2 aromatic rings. The van der Waals surface area contributed by atoms with Crippen LogP contribution < -0.4 is 10.6 Å². The van der Waals surface area contributed by atoms with Gasteiger partial charge in [-0.3, -0.25) is 9.59 Å². The third-order valence-electron chi connectivity index (χ3n) is 3.23. The van der Waals surface area contributed by atoms with Gasteiger partial charge in [-0.1, -0.05) is 24.3 Å². The number of alkyl halides is 3. The molecule has 24 heavy (non-hydrogen) atoms. The second-order valence-corrected chi connectivity index (χ2v) is 5.15. The lowest BCUT2D eigenvalue weighted by Gasteiger charge is -2.12. The Kier molecular flexibility index (Phi) is 5.23. The van der Waals surface area contributed by atoms with E-state index in [4.69, 9.17) is 0 Å². The summed E-state index contributed by atoms with van der Waals surface area (Å²) in [6, 6.07) is 12.8. The summed E-state index contributed by atoms with van der Waals surface area (Å²) in [5.41, 5.74) is 1.52. The summed E-state index contributed by atoms with van der Waals surface area (Å²) >= 11 is 0. The third-order valence-corrected chi connectivity index (χ3v) is 3.23. The van der Waals surface area contributed by atoms with E-state index in [0.29, 0.717) is 16.8 Å². The highest BCUT2D eigenvalue weighted by Gasteiger charge is 2.28. The van der Waals surface area contributed by atoms with E-state index in [-0.39, 0.29) is 11.5 Å². The molecule has 0 aromatic heterocycles. The van der Waals surface area contributed by atoms with Crippen LogP contribution >= 0.6 is 0 Å². The lowest BCUT2D eigenvalue weighted by atomic mass is 10.1. The van der Waals surface area contributed by atoms with Crippen molar-refractivity contribution >= 4 is 17.5 Å². The molecule has 0 fully saturated rings. The van der Waals surface area contributed by atoms with E-state index in [0.717, 1.165) is 0 Å². The molecule has 0 aliphatic rings. The first-order valence-corrected chi connectivity index (χ1v) is 7.08. The molecule has 0 saturated carbocycles. The van der Waals surface area contributed by atoms with Crippen LogP contribution in [0.1, 0.15) is 26.3 Å². The Hall–Kier alpha value is -2.83. The predicted octanol–water partition coefficient (Wildman–Crippen LogP) is 3.54. The molecule has 0 aliphatic heterocycles. The molecule has 4 nitrogen and oxygen atoms in total. The van der Waals surface area contributed by atoms with Gasteiger partial charge in [0.1, 0.15) is 6.54 Å². The SMILES string of the molecule is Cc1ccc(C(=O)NCC(F)(F)F)cc1NC(=O)c1ccccc1. The van der Waals surface area contributed by atoms with Gasteiger partial charge in [-0.05, 0) is 36.8 Å². The Balaban J connectivity index is 2.14. The van der Waals surface area contributed by atoms with Crippen molar-refractivity contribution in [3.05, 3.63) is 65.2 Å². The summed E-state index contributed by atoms with van der Waals surface area (Å²) in [6.45, 7) is 0.309. The van der Waals surface area contributed by atoms with Crippen LogP contribution in [0.15, 0.2) is 48.5 Å². The van der Waals surface area contributed by atoms with Crippen LogP contribution in [0.4, 0.5) is 18.9 Å². The number of benzene rings is 2. The third kappa shape index (κ3) is 4.84. The number of carbonyl (C=O) groups excluding carboxylic acids is 2. The highest BCUT2D eigenvalue weighted by Crippen LogP contribution is 2.19. The molecule has 0 atom stereocenters. The molecule has 2 amide bonds. The van der Waals surface area contributed by atoms with Gasteiger partial charge < -0.3 is 10.6 Å². The zero-order valence-electron chi connectivity index (χ0n) is 12.8. The fourth-order valence-corrected chi connectivity index (χ4v) is 1.96. The lowest BCUT2D eigenvalue weighted by molar-refractivity contribution is -0.123. The van der Waals surface area contributed by atoms with E-state index in [2.05, 4.69) is 5.32 Å². The van der Waals surface area contributed by atoms with Crippen molar-refractivity contribution in [2.75, 3.05) is 11.9 Å². The molecule has 2 N–H and O–H groups in total. The molecule has 2 rings (SSSR count). The number of carbonyl (C=O) groups is 2. The molecule has 0 spiro atoms. The molecule has 0 bridgehead atoms. The van der Waals surface area contributed by atoms with E-state index >= 15 is 0 Å². The van der Waals surface area contributed by atoms with Crippen LogP contribution in [0.2, 0.25) is 0 Å². The molecule has 126 valence electrons. The zero-order valence-corrected chi connectivity index (χ0v) is 12.8. The van der Waals surface area contributed by atoms with Gasteiger partial charge in [0.2, 0.25) is 0 Å². The molecular weight excluding hydrogens is 321 g/mol. The second-order valence-electron chi connectivity index (χ2n) is 5.15. The quantitative estimate of drug-likeness (QED) is 0.897. The van der Waals surface area contributed by atoms with Crippen molar-refractivity contribution in [1.82, 2.24) is 5.32 Å². The standard InChI is InChI=1S/C17H15F3N2O2/c1-11-7-8-13(15(23)21-10-17(18,19)20)9-14(11)22-16(24)12-5-3-2-4-6-12/h2-9H,10H2,1H3,(H,21,23)(H,22,24). The van der Waals surface area contributed by atoms with Crippen molar-refractivity contribution in [2.45, 2.75) is 13.1 Å². The van der Waals surface area contributed by atoms with Crippen molar-refractivity contribution in [3.63, 3.8) is 0 Å². The molecule has 2 aromatic carbocycles. The average Bonchev–Trinajstić information content (AvgIpc) is 2.54. The highest BCUT2D eigenvalue weighted by atomic mass is 19.4. The largest absolute Gasteiger partial charge is 0.405 e. The monoisotopic (exact) mass is 336 g/mol. The topological polar surface area (TPSA) is 58.2 Å². The van der Waals surface area contributed by atoms with Crippen LogP contribution in [-0.4, -0.2) is 24.5 Å². The van der Waals surface area contributed by atoms with E-state index in [9.17, 15) is 22.8 Å². The van der Waals surface area contributed by atoms with Gasteiger partial charge in [-0.15, -0.1) is 0 Å². The molecule has 7 heteroatoms. The molecule has 0 radical (unpaired) electrons. The Morgan fingerprint density at radius 3 is 2.25 bits per heavy atom. The first-order chi connectivity index (χ1) is 11.3. The van der Waals surface area contributed by atoms with Crippen LogP contribution in [-0.2, 0) is 0 Å². The fourth-order valence-electron chi connectivity index (χ4n) is 1.96. The zero-order chi connectivity index (χ0) is 17.7. The maximum absolute atomic E-state index is 12.2. The fraction of sp³-hybridized carbons (Fsp3) is 0.176. The van der Waals surface area contributed by atoms with Crippen LogP contribution in [0, 0.1) is 6.92 Å².